The summed E-state index contributed by atoms with van der Waals surface area (Å²) in [6, 6.07) is 5.36. The van der Waals surface area contributed by atoms with Crippen LogP contribution in [0.1, 0.15) is 51.5 Å². The highest BCUT2D eigenvalue weighted by Crippen LogP contribution is 2.21. The van der Waals surface area contributed by atoms with E-state index in [1.807, 2.05) is 26.8 Å². The maximum absolute atomic E-state index is 11.8. The van der Waals surface area contributed by atoms with E-state index in [1.54, 1.807) is 17.0 Å². The highest BCUT2D eigenvalue weighted by atomic mass is 35.5. The van der Waals surface area contributed by atoms with Crippen molar-refractivity contribution >= 4 is 29.3 Å². The van der Waals surface area contributed by atoms with Crippen LogP contribution in [0.25, 0.3) is 0 Å². The number of carbonyl (C=O) groups excluding carboxylic acids is 3. The molecule has 0 radical (unpaired) electrons. The Balaban J connectivity index is 2.13. The second-order valence-electron chi connectivity index (χ2n) is 6.38. The Morgan fingerprint density at radius 2 is 1.61 bits per heavy atom. The number of hydrogen-bond donors (Lipinski definition) is 2. The van der Waals surface area contributed by atoms with Crippen LogP contribution < -0.4 is 15.6 Å². The molecule has 7 nitrogen and oxygen atoms in total. The van der Waals surface area contributed by atoms with Crippen LogP contribution in [-0.2, 0) is 14.4 Å². The topological polar surface area (TPSA) is 87.7 Å². The number of ether oxygens (including phenoxy) is 1. The second kappa shape index (κ2) is 13.0. The van der Waals surface area contributed by atoms with E-state index in [9.17, 15) is 14.4 Å². The lowest BCUT2D eigenvalue weighted by Crippen LogP contribution is -2.41. The van der Waals surface area contributed by atoms with Gasteiger partial charge in [-0.25, -0.2) is 0 Å². The van der Waals surface area contributed by atoms with Gasteiger partial charge in [-0.2, -0.15) is 0 Å². The number of nitrogens with one attached hydrogen (secondary N) is 2. The van der Waals surface area contributed by atoms with Crippen molar-refractivity contribution in [3.05, 3.63) is 28.8 Å². The van der Waals surface area contributed by atoms with E-state index in [0.29, 0.717) is 44.0 Å². The van der Waals surface area contributed by atoms with Gasteiger partial charge in [0, 0.05) is 37.4 Å². The molecule has 1 rings (SSSR count). The van der Waals surface area contributed by atoms with E-state index in [2.05, 4.69) is 10.9 Å². The summed E-state index contributed by atoms with van der Waals surface area (Å²) in [5.41, 5.74) is 5.68. The first-order valence-corrected chi connectivity index (χ1v) is 9.99. The van der Waals surface area contributed by atoms with E-state index in [4.69, 9.17) is 16.3 Å². The average Bonchev–Trinajstić information content (AvgIpc) is 2.66. The van der Waals surface area contributed by atoms with Crippen molar-refractivity contribution < 1.29 is 19.1 Å². The molecule has 8 heteroatoms. The Bertz CT molecular complexity index is 663. The normalized spacial score (nSPS) is 10.3. The van der Waals surface area contributed by atoms with Crippen molar-refractivity contribution in [1.29, 1.82) is 0 Å². The number of halogens is 1. The molecule has 0 bridgehead atoms. The predicted molar refractivity (Wildman–Crippen MR) is 109 cm³/mol. The standard InChI is InChI=1S/C20H30ClN3O4/c1-4-24(5-2)20(27)10-6-8-18(25)22-23-19(26)9-7-13-28-17-12-11-16(21)14-15(17)3/h11-12,14H,4-10,13H2,1-3H3,(H,22,25)(H,23,26). The van der Waals surface area contributed by atoms with Crippen LogP contribution in [0.5, 0.6) is 5.75 Å². The van der Waals surface area contributed by atoms with Crippen molar-refractivity contribution in [3.8, 4) is 5.75 Å². The highest BCUT2D eigenvalue weighted by molar-refractivity contribution is 6.30. The molecule has 2 N–H and O–H groups in total. The summed E-state index contributed by atoms with van der Waals surface area (Å²) in [7, 11) is 0. The number of rotatable bonds is 11. The predicted octanol–water partition coefficient (Wildman–Crippen LogP) is 2.99. The molecule has 0 heterocycles. The van der Waals surface area contributed by atoms with Gasteiger partial charge in [-0.15, -0.1) is 0 Å². The zero-order chi connectivity index (χ0) is 20.9. The van der Waals surface area contributed by atoms with Crippen molar-refractivity contribution in [3.63, 3.8) is 0 Å². The van der Waals surface area contributed by atoms with Crippen LogP contribution in [0.15, 0.2) is 18.2 Å². The maximum atomic E-state index is 11.8. The molecule has 0 aliphatic heterocycles. The van der Waals surface area contributed by atoms with E-state index in [0.717, 1.165) is 11.3 Å². The van der Waals surface area contributed by atoms with Gasteiger partial charge in [0.2, 0.25) is 17.7 Å². The van der Waals surface area contributed by atoms with Crippen LogP contribution in [0.2, 0.25) is 5.02 Å². The molecule has 156 valence electrons. The third kappa shape index (κ3) is 9.08. The summed E-state index contributed by atoms with van der Waals surface area (Å²) in [4.78, 5) is 37.1. The second-order valence-corrected chi connectivity index (χ2v) is 6.81. The minimum absolute atomic E-state index is 0.0396. The minimum Gasteiger partial charge on any atom is -0.493 e. The van der Waals surface area contributed by atoms with Gasteiger partial charge >= 0.3 is 0 Å². The Kier molecular flexibility index (Phi) is 11.0. The number of amides is 3. The summed E-state index contributed by atoms with van der Waals surface area (Å²) >= 11 is 5.89. The molecule has 0 aromatic heterocycles. The van der Waals surface area contributed by atoms with Gasteiger partial charge < -0.3 is 9.64 Å². The summed E-state index contributed by atoms with van der Waals surface area (Å²) in [5.74, 6) is 0.174. The molecule has 0 aliphatic carbocycles. The van der Waals surface area contributed by atoms with Crippen LogP contribution >= 0.6 is 11.6 Å². The molecule has 0 atom stereocenters. The fourth-order valence-electron chi connectivity index (χ4n) is 2.59. The number of carbonyl (C=O) groups is 3. The first-order valence-electron chi connectivity index (χ1n) is 9.61. The first-order chi connectivity index (χ1) is 13.4. The molecular formula is C20H30ClN3O4. The summed E-state index contributed by atoms with van der Waals surface area (Å²) in [6.07, 6.45) is 1.71. The van der Waals surface area contributed by atoms with Gasteiger partial charge in [0.1, 0.15) is 5.75 Å². The first kappa shape index (κ1) is 23.8. The number of benzene rings is 1. The number of hydrogen-bond acceptors (Lipinski definition) is 4. The fraction of sp³-hybridized carbons (Fsp3) is 0.550. The van der Waals surface area contributed by atoms with Crippen LogP contribution in [0.4, 0.5) is 0 Å². The van der Waals surface area contributed by atoms with Gasteiger partial charge in [-0.1, -0.05) is 11.6 Å². The van der Waals surface area contributed by atoms with Gasteiger partial charge in [0.25, 0.3) is 0 Å². The molecule has 0 aliphatic rings. The third-order valence-electron chi connectivity index (χ3n) is 4.19. The Morgan fingerprint density at radius 1 is 1.00 bits per heavy atom. The largest absolute Gasteiger partial charge is 0.493 e. The average molecular weight is 412 g/mol. The van der Waals surface area contributed by atoms with Crippen molar-refractivity contribution in [2.45, 2.75) is 52.9 Å². The van der Waals surface area contributed by atoms with E-state index in [-0.39, 0.29) is 30.6 Å². The van der Waals surface area contributed by atoms with Crippen molar-refractivity contribution in [2.24, 2.45) is 0 Å². The van der Waals surface area contributed by atoms with E-state index < -0.39 is 0 Å². The molecule has 28 heavy (non-hydrogen) atoms. The maximum Gasteiger partial charge on any atom is 0.238 e. The monoisotopic (exact) mass is 411 g/mol. The molecule has 0 saturated heterocycles. The zero-order valence-electron chi connectivity index (χ0n) is 16.8. The summed E-state index contributed by atoms with van der Waals surface area (Å²) in [5, 5.41) is 0.650. The molecule has 1 aromatic rings. The lowest BCUT2D eigenvalue weighted by atomic mass is 10.2. The molecule has 0 saturated carbocycles. The molecule has 0 fully saturated rings. The SMILES string of the molecule is CCN(CC)C(=O)CCCC(=O)NNC(=O)CCCOc1ccc(Cl)cc1C. The molecule has 3 amide bonds. The minimum atomic E-state index is -0.311. The number of hydrazine groups is 1. The highest BCUT2D eigenvalue weighted by Gasteiger charge is 2.11. The lowest BCUT2D eigenvalue weighted by Gasteiger charge is -2.18. The van der Waals surface area contributed by atoms with E-state index >= 15 is 0 Å². The summed E-state index contributed by atoms with van der Waals surface area (Å²) < 4.78 is 5.62. The van der Waals surface area contributed by atoms with Crippen LogP contribution in [-0.4, -0.2) is 42.3 Å². The molecular weight excluding hydrogens is 382 g/mol. The smallest absolute Gasteiger partial charge is 0.238 e. The van der Waals surface area contributed by atoms with Crippen LogP contribution in [0, 0.1) is 6.92 Å². The Labute approximate surface area is 171 Å². The third-order valence-corrected chi connectivity index (χ3v) is 4.43. The lowest BCUT2D eigenvalue weighted by molar-refractivity contribution is -0.131. The Morgan fingerprint density at radius 3 is 2.18 bits per heavy atom. The van der Waals surface area contributed by atoms with Gasteiger partial charge in [-0.3, -0.25) is 25.2 Å². The molecule has 0 unspecified atom stereocenters. The van der Waals surface area contributed by atoms with E-state index in [1.165, 1.54) is 0 Å². The van der Waals surface area contributed by atoms with Crippen molar-refractivity contribution in [1.82, 2.24) is 15.8 Å². The van der Waals surface area contributed by atoms with Crippen LogP contribution in [0.3, 0.4) is 0 Å². The van der Waals surface area contributed by atoms with Gasteiger partial charge in [0.05, 0.1) is 6.61 Å². The van der Waals surface area contributed by atoms with Gasteiger partial charge in [0.15, 0.2) is 0 Å². The quantitative estimate of drug-likeness (QED) is 0.433. The fourth-order valence-corrected chi connectivity index (χ4v) is 2.82. The number of aryl methyl sites for hydroxylation is 1. The van der Waals surface area contributed by atoms with Crippen molar-refractivity contribution in [2.75, 3.05) is 19.7 Å². The summed E-state index contributed by atoms with van der Waals surface area (Å²) in [6.45, 7) is 7.46. The number of nitrogens with zero attached hydrogens (tertiary/aromatic N) is 1. The molecule has 0 spiro atoms. The zero-order valence-corrected chi connectivity index (χ0v) is 17.6. The Hall–Kier alpha value is -2.28. The molecule has 1 aromatic carbocycles. The van der Waals surface area contributed by atoms with Gasteiger partial charge in [-0.05, 0) is 57.4 Å².